The van der Waals surface area contributed by atoms with Crippen LogP contribution in [0.25, 0.3) is 11.1 Å². The molecule has 8 nitrogen and oxygen atoms in total. The SMILES string of the molecule is CC(C)S(=O)(=O)N1CCC[C@H](C(=O)Nc2cc(-c3cc(NC[C@@H]4CCOC(C)(C)C4)ccc3Cl)c(Cl)cn2)C1. The highest BCUT2D eigenvalue weighted by atomic mass is 35.5. The highest BCUT2D eigenvalue weighted by Crippen LogP contribution is 2.37. The molecule has 2 aromatic rings. The van der Waals surface area contributed by atoms with Crippen molar-refractivity contribution in [3.8, 4) is 11.1 Å². The molecule has 1 amide bonds. The number of benzene rings is 1. The Labute approximate surface area is 241 Å². The minimum Gasteiger partial charge on any atom is -0.385 e. The van der Waals surface area contributed by atoms with Crippen LogP contribution in [-0.4, -0.2) is 60.7 Å². The number of sulfonamides is 1. The second-order valence-corrected chi connectivity index (χ2v) is 14.7. The number of piperidine rings is 1. The van der Waals surface area contributed by atoms with Crippen LogP contribution in [0.5, 0.6) is 0 Å². The fourth-order valence-electron chi connectivity index (χ4n) is 5.26. The molecule has 2 saturated heterocycles. The maximum Gasteiger partial charge on any atom is 0.229 e. The van der Waals surface area contributed by atoms with Crippen molar-refractivity contribution in [2.45, 2.75) is 64.2 Å². The topological polar surface area (TPSA) is 101 Å². The monoisotopic (exact) mass is 596 g/mol. The van der Waals surface area contributed by atoms with Gasteiger partial charge in [-0.25, -0.2) is 17.7 Å². The van der Waals surface area contributed by atoms with Gasteiger partial charge >= 0.3 is 0 Å². The van der Waals surface area contributed by atoms with Crippen LogP contribution in [-0.2, 0) is 19.6 Å². The van der Waals surface area contributed by atoms with Gasteiger partial charge in [-0.05, 0) is 83.6 Å². The average Bonchev–Trinajstić information content (AvgIpc) is 2.89. The molecule has 1 aromatic heterocycles. The average molecular weight is 598 g/mol. The molecule has 4 rings (SSSR count). The minimum absolute atomic E-state index is 0.111. The summed E-state index contributed by atoms with van der Waals surface area (Å²) in [5, 5.41) is 6.79. The first kappa shape index (κ1) is 30.1. The first-order chi connectivity index (χ1) is 18.4. The van der Waals surface area contributed by atoms with E-state index >= 15 is 0 Å². The van der Waals surface area contributed by atoms with E-state index in [-0.39, 0.29) is 18.1 Å². The molecule has 2 aliphatic rings. The fraction of sp³-hybridized carbons (Fsp3) is 0.571. The molecule has 39 heavy (non-hydrogen) atoms. The molecule has 214 valence electrons. The normalized spacial score (nSPS) is 22.0. The summed E-state index contributed by atoms with van der Waals surface area (Å²) in [5.41, 5.74) is 2.18. The van der Waals surface area contributed by atoms with Gasteiger partial charge in [-0.15, -0.1) is 0 Å². The van der Waals surface area contributed by atoms with Crippen molar-refractivity contribution < 1.29 is 17.9 Å². The maximum atomic E-state index is 13.1. The summed E-state index contributed by atoms with van der Waals surface area (Å²) in [7, 11) is -3.42. The Kier molecular flexibility index (Phi) is 9.49. The molecule has 0 unspecified atom stereocenters. The second-order valence-electron chi connectivity index (χ2n) is 11.4. The minimum atomic E-state index is -3.42. The van der Waals surface area contributed by atoms with Crippen LogP contribution in [0, 0.1) is 11.8 Å². The van der Waals surface area contributed by atoms with Gasteiger partial charge < -0.3 is 15.4 Å². The number of nitrogens with one attached hydrogen (secondary N) is 2. The van der Waals surface area contributed by atoms with E-state index in [0.717, 1.165) is 37.2 Å². The summed E-state index contributed by atoms with van der Waals surface area (Å²) in [6.07, 6.45) is 4.73. The molecular formula is C28H38Cl2N4O4S. The predicted molar refractivity (Wildman–Crippen MR) is 158 cm³/mol. The number of nitrogens with zero attached hydrogens (tertiary/aromatic N) is 2. The van der Waals surface area contributed by atoms with E-state index in [9.17, 15) is 13.2 Å². The number of carbonyl (C=O) groups excluding carboxylic acids is 1. The molecule has 0 radical (unpaired) electrons. The number of hydrogen-bond donors (Lipinski definition) is 2. The van der Waals surface area contributed by atoms with Crippen LogP contribution in [0.2, 0.25) is 10.0 Å². The van der Waals surface area contributed by atoms with E-state index < -0.39 is 21.2 Å². The summed E-state index contributed by atoms with van der Waals surface area (Å²) in [6, 6.07) is 7.43. The van der Waals surface area contributed by atoms with Crippen molar-refractivity contribution >= 4 is 50.6 Å². The van der Waals surface area contributed by atoms with Crippen LogP contribution < -0.4 is 10.6 Å². The largest absolute Gasteiger partial charge is 0.385 e. The molecular weight excluding hydrogens is 559 g/mol. The zero-order valence-corrected chi connectivity index (χ0v) is 25.3. The van der Waals surface area contributed by atoms with Gasteiger partial charge in [0.05, 0.1) is 21.8 Å². The van der Waals surface area contributed by atoms with E-state index in [1.165, 1.54) is 10.5 Å². The number of carbonyl (C=O) groups is 1. The molecule has 1 aromatic carbocycles. The second kappa shape index (κ2) is 12.3. The van der Waals surface area contributed by atoms with Crippen molar-refractivity contribution in [1.29, 1.82) is 0 Å². The molecule has 3 heterocycles. The van der Waals surface area contributed by atoms with Gasteiger partial charge in [-0.3, -0.25) is 4.79 Å². The van der Waals surface area contributed by atoms with Gasteiger partial charge in [0.15, 0.2) is 0 Å². The highest BCUT2D eigenvalue weighted by Gasteiger charge is 2.34. The summed E-state index contributed by atoms with van der Waals surface area (Å²) < 4.78 is 32.5. The number of rotatable bonds is 8. The zero-order valence-electron chi connectivity index (χ0n) is 23.0. The van der Waals surface area contributed by atoms with Crippen molar-refractivity contribution in [2.24, 2.45) is 11.8 Å². The quantitative estimate of drug-likeness (QED) is 0.384. The number of amides is 1. The molecule has 2 N–H and O–H groups in total. The molecule has 2 atom stereocenters. The smallest absolute Gasteiger partial charge is 0.229 e. The van der Waals surface area contributed by atoms with Crippen molar-refractivity contribution in [3.05, 3.63) is 40.5 Å². The van der Waals surface area contributed by atoms with E-state index in [4.69, 9.17) is 27.9 Å². The van der Waals surface area contributed by atoms with E-state index in [2.05, 4.69) is 29.5 Å². The van der Waals surface area contributed by atoms with Crippen LogP contribution >= 0.6 is 23.2 Å². The lowest BCUT2D eigenvalue weighted by Gasteiger charge is -2.35. The lowest BCUT2D eigenvalue weighted by atomic mass is 9.88. The van der Waals surface area contributed by atoms with E-state index in [1.54, 1.807) is 19.9 Å². The fourth-order valence-corrected chi connectivity index (χ4v) is 7.06. The number of aromatic nitrogens is 1. The lowest BCUT2D eigenvalue weighted by Crippen LogP contribution is -2.46. The highest BCUT2D eigenvalue weighted by molar-refractivity contribution is 7.89. The summed E-state index contributed by atoms with van der Waals surface area (Å²) in [5.74, 6) is 0.118. The molecule has 2 fully saturated rings. The number of hydrogen-bond acceptors (Lipinski definition) is 6. The Morgan fingerprint density at radius 3 is 2.64 bits per heavy atom. The van der Waals surface area contributed by atoms with Crippen molar-refractivity contribution in [2.75, 3.05) is 36.9 Å². The van der Waals surface area contributed by atoms with Gasteiger partial charge in [0.25, 0.3) is 0 Å². The van der Waals surface area contributed by atoms with Crippen LogP contribution in [0.4, 0.5) is 11.5 Å². The molecule has 0 aliphatic carbocycles. The Hall–Kier alpha value is -1.91. The molecule has 0 bridgehead atoms. The summed E-state index contributed by atoms with van der Waals surface area (Å²) >= 11 is 13.1. The maximum absolute atomic E-state index is 13.1. The Morgan fingerprint density at radius 2 is 1.92 bits per heavy atom. The molecule has 0 spiro atoms. The third kappa shape index (κ3) is 7.44. The molecule has 0 saturated carbocycles. The number of halogens is 2. The van der Waals surface area contributed by atoms with Gasteiger partial charge in [-0.1, -0.05) is 23.2 Å². The molecule has 2 aliphatic heterocycles. The summed E-state index contributed by atoms with van der Waals surface area (Å²) in [4.78, 5) is 17.4. The van der Waals surface area contributed by atoms with Crippen LogP contribution in [0.15, 0.2) is 30.5 Å². The van der Waals surface area contributed by atoms with Crippen molar-refractivity contribution in [1.82, 2.24) is 9.29 Å². The van der Waals surface area contributed by atoms with E-state index in [0.29, 0.717) is 46.7 Å². The van der Waals surface area contributed by atoms with Gasteiger partial charge in [0, 0.05) is 54.3 Å². The van der Waals surface area contributed by atoms with Gasteiger partial charge in [0.1, 0.15) is 5.82 Å². The summed E-state index contributed by atoms with van der Waals surface area (Å²) in [6.45, 7) is 9.74. The molecule has 11 heteroatoms. The number of anilines is 2. The predicted octanol–water partition coefficient (Wildman–Crippen LogP) is 6.06. The number of pyridine rings is 1. The Morgan fingerprint density at radius 1 is 1.18 bits per heavy atom. The van der Waals surface area contributed by atoms with Gasteiger partial charge in [0.2, 0.25) is 15.9 Å². The van der Waals surface area contributed by atoms with E-state index in [1.807, 2.05) is 18.2 Å². The zero-order chi connectivity index (χ0) is 28.4. The first-order valence-electron chi connectivity index (χ1n) is 13.5. The number of ether oxygens (including phenoxy) is 1. The Bertz CT molecular complexity index is 1300. The van der Waals surface area contributed by atoms with Crippen LogP contribution in [0.3, 0.4) is 0 Å². The lowest BCUT2D eigenvalue weighted by molar-refractivity contribution is -0.120. The third-order valence-corrected chi connectivity index (χ3v) is 10.3. The Balaban J connectivity index is 1.47. The van der Waals surface area contributed by atoms with Crippen LogP contribution in [0.1, 0.15) is 53.4 Å². The first-order valence-corrected chi connectivity index (χ1v) is 15.7. The van der Waals surface area contributed by atoms with Gasteiger partial charge in [-0.2, -0.15) is 0 Å². The van der Waals surface area contributed by atoms with Crippen molar-refractivity contribution in [3.63, 3.8) is 0 Å². The third-order valence-electron chi connectivity index (χ3n) is 7.47. The standard InChI is InChI=1S/C28H38Cl2N4O4S/c1-18(2)39(36,37)34-10-5-6-20(17-34)27(35)33-26-13-23(25(30)16-32-26)22-12-21(7-8-24(22)29)31-15-19-9-11-38-28(3,4)14-19/h7-8,12-13,16,18-20,31H,5-6,9-11,14-15,17H2,1-4H3,(H,32,33,35)/t19-,20+/m1/s1.